The van der Waals surface area contributed by atoms with Gasteiger partial charge in [0, 0.05) is 0 Å². The van der Waals surface area contributed by atoms with E-state index in [0.717, 1.165) is 5.56 Å². The van der Waals surface area contributed by atoms with Crippen LogP contribution in [0.5, 0.6) is 0 Å². The van der Waals surface area contributed by atoms with E-state index in [1.807, 2.05) is 38.1 Å². The average Bonchev–Trinajstić information content (AvgIpc) is 2.16. The van der Waals surface area contributed by atoms with Crippen molar-refractivity contribution in [2.45, 2.75) is 39.3 Å². The summed E-state index contributed by atoms with van der Waals surface area (Å²) < 4.78 is 0. The number of carbonyl (C=O) groups excluding carboxylic acids is 1. The molecule has 0 aliphatic carbocycles. The molecule has 0 radical (unpaired) electrons. The van der Waals surface area contributed by atoms with Gasteiger partial charge in [-0.3, -0.25) is 4.79 Å². The maximum Gasteiger partial charge on any atom is 0.239 e. The molecule has 3 N–H and O–H groups in total. The van der Waals surface area contributed by atoms with Crippen molar-refractivity contribution in [2.75, 3.05) is 0 Å². The lowest BCUT2D eigenvalue weighted by molar-refractivity contribution is -0.125. The highest BCUT2D eigenvalue weighted by molar-refractivity contribution is 5.85. The number of rotatable bonds is 3. The highest BCUT2D eigenvalue weighted by Gasteiger charge is 2.23. The second kappa shape index (κ2) is 6.03. The summed E-state index contributed by atoms with van der Waals surface area (Å²) >= 11 is 0. The summed E-state index contributed by atoms with van der Waals surface area (Å²) in [6.45, 7) is 7.40. The van der Waals surface area contributed by atoms with Gasteiger partial charge in [0.1, 0.15) is 0 Å². The quantitative estimate of drug-likeness (QED) is 0.872. The molecule has 1 unspecified atom stereocenters. The molecule has 1 atom stereocenters. The number of amides is 1. The molecule has 0 saturated heterocycles. The second-order valence-electron chi connectivity index (χ2n) is 4.77. The Bertz CT molecular complexity index is 385. The summed E-state index contributed by atoms with van der Waals surface area (Å²) in [5, 5.41) is 2.91. The molecule has 3 nitrogen and oxygen atoms in total. The van der Waals surface area contributed by atoms with Crippen molar-refractivity contribution < 1.29 is 4.79 Å². The molecule has 0 spiro atoms. The van der Waals surface area contributed by atoms with E-state index in [4.69, 9.17) is 5.73 Å². The van der Waals surface area contributed by atoms with E-state index >= 15 is 0 Å². The molecular weight excluding hydrogens is 236 g/mol. The van der Waals surface area contributed by atoms with Gasteiger partial charge in [0.2, 0.25) is 5.91 Å². The van der Waals surface area contributed by atoms with Gasteiger partial charge >= 0.3 is 0 Å². The molecule has 0 bridgehead atoms. The van der Waals surface area contributed by atoms with Crippen LogP contribution in [0.3, 0.4) is 0 Å². The van der Waals surface area contributed by atoms with Crippen LogP contribution in [0.15, 0.2) is 24.3 Å². The van der Waals surface area contributed by atoms with E-state index in [1.165, 1.54) is 5.56 Å². The third-order valence-corrected chi connectivity index (χ3v) is 2.59. The van der Waals surface area contributed by atoms with Crippen LogP contribution in [-0.2, 0) is 4.79 Å². The molecule has 0 aromatic heterocycles. The van der Waals surface area contributed by atoms with Gasteiger partial charge < -0.3 is 11.1 Å². The molecule has 0 heterocycles. The molecule has 0 aliphatic rings. The maximum atomic E-state index is 11.7. The Morgan fingerprint density at radius 2 is 1.88 bits per heavy atom. The minimum absolute atomic E-state index is 0. The lowest BCUT2D eigenvalue weighted by Crippen LogP contribution is -2.49. The molecule has 4 heteroatoms. The number of hydrogen-bond donors (Lipinski definition) is 2. The molecule has 96 valence electrons. The highest BCUT2D eigenvalue weighted by Crippen LogP contribution is 2.17. The van der Waals surface area contributed by atoms with Gasteiger partial charge in [-0.1, -0.05) is 24.3 Å². The van der Waals surface area contributed by atoms with Crippen LogP contribution in [-0.4, -0.2) is 11.4 Å². The number of nitrogens with two attached hydrogens (primary N) is 1. The van der Waals surface area contributed by atoms with Crippen LogP contribution in [0.4, 0.5) is 0 Å². The largest absolute Gasteiger partial charge is 0.348 e. The third-order valence-electron chi connectivity index (χ3n) is 2.59. The number of halogens is 1. The summed E-state index contributed by atoms with van der Waals surface area (Å²) in [4.78, 5) is 11.7. The topological polar surface area (TPSA) is 55.1 Å². The third kappa shape index (κ3) is 4.36. The van der Waals surface area contributed by atoms with Gasteiger partial charge in [-0.15, -0.1) is 12.4 Å². The zero-order valence-electron chi connectivity index (χ0n) is 10.8. The number of aryl methyl sites for hydroxylation is 1. The zero-order chi connectivity index (χ0) is 12.3. The monoisotopic (exact) mass is 256 g/mol. The van der Waals surface area contributed by atoms with E-state index in [2.05, 4.69) is 5.32 Å². The minimum Gasteiger partial charge on any atom is -0.348 e. The van der Waals surface area contributed by atoms with E-state index in [0.29, 0.717) is 0 Å². The summed E-state index contributed by atoms with van der Waals surface area (Å²) in [6.07, 6.45) is 0. The Hall–Kier alpha value is -1.06. The van der Waals surface area contributed by atoms with Crippen molar-refractivity contribution in [3.63, 3.8) is 0 Å². The van der Waals surface area contributed by atoms with Crippen molar-refractivity contribution >= 4 is 18.3 Å². The number of nitrogens with one attached hydrogen (secondary N) is 1. The molecule has 0 fully saturated rings. The Labute approximate surface area is 109 Å². The number of carbonyl (C=O) groups is 1. The zero-order valence-corrected chi connectivity index (χ0v) is 11.6. The summed E-state index contributed by atoms with van der Waals surface area (Å²) in [5.41, 5.74) is 7.19. The first kappa shape index (κ1) is 15.9. The summed E-state index contributed by atoms with van der Waals surface area (Å²) in [7, 11) is 0. The van der Waals surface area contributed by atoms with Crippen LogP contribution in [0, 0.1) is 6.92 Å². The first-order chi connectivity index (χ1) is 7.32. The smallest absolute Gasteiger partial charge is 0.239 e. The van der Waals surface area contributed by atoms with E-state index < -0.39 is 5.54 Å². The van der Waals surface area contributed by atoms with Gasteiger partial charge in [-0.25, -0.2) is 0 Å². The lowest BCUT2D eigenvalue weighted by Gasteiger charge is -2.23. The Kier molecular flexibility index (Phi) is 5.66. The van der Waals surface area contributed by atoms with Crippen LogP contribution in [0.1, 0.15) is 37.9 Å². The average molecular weight is 257 g/mol. The molecule has 1 amide bonds. The van der Waals surface area contributed by atoms with Gasteiger partial charge in [0.05, 0.1) is 11.6 Å². The van der Waals surface area contributed by atoms with Gasteiger partial charge in [-0.05, 0) is 38.8 Å². The fraction of sp³-hybridized carbons (Fsp3) is 0.462. The predicted octanol–water partition coefficient (Wildman–Crippen LogP) is 2.33. The molecule has 0 aliphatic heterocycles. The Morgan fingerprint density at radius 1 is 1.35 bits per heavy atom. The number of benzene rings is 1. The van der Waals surface area contributed by atoms with Gasteiger partial charge in [0.25, 0.3) is 0 Å². The molecule has 1 aromatic rings. The maximum absolute atomic E-state index is 11.7. The van der Waals surface area contributed by atoms with Gasteiger partial charge in [-0.2, -0.15) is 0 Å². The molecule has 17 heavy (non-hydrogen) atoms. The Balaban J connectivity index is 0.00000256. The van der Waals surface area contributed by atoms with Gasteiger partial charge in [0.15, 0.2) is 0 Å². The van der Waals surface area contributed by atoms with Crippen molar-refractivity contribution in [1.82, 2.24) is 5.32 Å². The summed E-state index contributed by atoms with van der Waals surface area (Å²) in [5.74, 6) is -0.136. The van der Waals surface area contributed by atoms with E-state index in [-0.39, 0.29) is 24.4 Å². The fourth-order valence-electron chi connectivity index (χ4n) is 1.53. The normalized spacial score (nSPS) is 12.5. The molecule has 1 aromatic carbocycles. The van der Waals surface area contributed by atoms with Crippen LogP contribution in [0.2, 0.25) is 0 Å². The fourth-order valence-corrected chi connectivity index (χ4v) is 1.53. The lowest BCUT2D eigenvalue weighted by atomic mass is 10.0. The first-order valence-electron chi connectivity index (χ1n) is 5.47. The van der Waals surface area contributed by atoms with Crippen molar-refractivity contribution in [3.05, 3.63) is 35.4 Å². The molecule has 1 rings (SSSR count). The first-order valence-corrected chi connectivity index (χ1v) is 5.47. The highest BCUT2D eigenvalue weighted by atomic mass is 35.5. The molecular formula is C13H21ClN2O. The summed E-state index contributed by atoms with van der Waals surface area (Å²) in [6, 6.07) is 7.99. The van der Waals surface area contributed by atoms with Crippen molar-refractivity contribution in [3.8, 4) is 0 Å². The van der Waals surface area contributed by atoms with Crippen LogP contribution >= 0.6 is 12.4 Å². The number of hydrogen-bond acceptors (Lipinski definition) is 2. The minimum atomic E-state index is -0.836. The SMILES string of the molecule is Cc1ccccc1C(C)NC(=O)C(C)(C)N.Cl. The van der Waals surface area contributed by atoms with Crippen molar-refractivity contribution in [2.24, 2.45) is 5.73 Å². The Morgan fingerprint density at radius 3 is 2.35 bits per heavy atom. The second-order valence-corrected chi connectivity index (χ2v) is 4.77. The van der Waals surface area contributed by atoms with Crippen LogP contribution < -0.4 is 11.1 Å². The standard InChI is InChI=1S/C13H20N2O.ClH/c1-9-7-5-6-8-11(9)10(2)15-12(16)13(3,4)14;/h5-8,10H,14H2,1-4H3,(H,15,16);1H. The van der Waals surface area contributed by atoms with Crippen molar-refractivity contribution in [1.29, 1.82) is 0 Å². The van der Waals surface area contributed by atoms with E-state index in [9.17, 15) is 4.79 Å². The van der Waals surface area contributed by atoms with Crippen LogP contribution in [0.25, 0.3) is 0 Å². The predicted molar refractivity (Wildman–Crippen MR) is 73.3 cm³/mol. The van der Waals surface area contributed by atoms with E-state index in [1.54, 1.807) is 13.8 Å². The molecule has 0 saturated carbocycles.